The van der Waals surface area contributed by atoms with Gasteiger partial charge in [-0.2, -0.15) is 18.3 Å². The molecule has 0 amide bonds. The maximum atomic E-state index is 12.8. The van der Waals surface area contributed by atoms with Crippen molar-refractivity contribution < 1.29 is 23.1 Å². The summed E-state index contributed by atoms with van der Waals surface area (Å²) in [5, 5.41) is 13.7. The Kier molecular flexibility index (Phi) is 5.22. The minimum absolute atomic E-state index is 0.0604. The molecule has 140 valence electrons. The minimum Gasteiger partial charge on any atom is -0.476 e. The fraction of sp³-hybridized carbons (Fsp3) is 0.167. The van der Waals surface area contributed by atoms with Gasteiger partial charge in [-0.1, -0.05) is 24.3 Å². The average molecular weight is 394 g/mol. The second-order valence-corrected chi connectivity index (χ2v) is 6.77. The SMILES string of the molecule is O=C(O)c1nn(CCSc2cccc(C(F)(F)F)c2)c(=O)c2ccccc12. The van der Waals surface area contributed by atoms with Crippen LogP contribution in [0.15, 0.2) is 58.2 Å². The van der Waals surface area contributed by atoms with E-state index in [-0.39, 0.29) is 28.8 Å². The zero-order valence-corrected chi connectivity index (χ0v) is 14.5. The monoisotopic (exact) mass is 394 g/mol. The van der Waals surface area contributed by atoms with Crippen molar-refractivity contribution in [2.45, 2.75) is 17.6 Å². The number of carboxylic acid groups (broad SMARTS) is 1. The van der Waals surface area contributed by atoms with Gasteiger partial charge in [-0.25, -0.2) is 9.48 Å². The summed E-state index contributed by atoms with van der Waals surface area (Å²) in [6.45, 7) is 0.0604. The zero-order chi connectivity index (χ0) is 19.6. The molecule has 0 spiro atoms. The number of benzene rings is 2. The molecule has 0 atom stereocenters. The molecule has 2 aromatic carbocycles. The van der Waals surface area contributed by atoms with Gasteiger partial charge in [-0.3, -0.25) is 4.79 Å². The zero-order valence-electron chi connectivity index (χ0n) is 13.7. The van der Waals surface area contributed by atoms with Crippen LogP contribution in [0.1, 0.15) is 16.1 Å². The number of aryl methyl sites for hydroxylation is 1. The van der Waals surface area contributed by atoms with Crippen LogP contribution in [0.3, 0.4) is 0 Å². The van der Waals surface area contributed by atoms with Crippen molar-refractivity contribution in [3.05, 3.63) is 70.1 Å². The number of thioether (sulfide) groups is 1. The Bertz CT molecular complexity index is 1060. The first kappa shape index (κ1) is 19.0. The normalized spacial score (nSPS) is 11.7. The van der Waals surface area contributed by atoms with E-state index in [9.17, 15) is 27.9 Å². The number of fused-ring (bicyclic) bond motifs is 1. The summed E-state index contributed by atoms with van der Waals surface area (Å²) >= 11 is 1.13. The lowest BCUT2D eigenvalue weighted by Crippen LogP contribution is -2.26. The topological polar surface area (TPSA) is 72.2 Å². The van der Waals surface area contributed by atoms with Crippen molar-refractivity contribution in [1.82, 2.24) is 9.78 Å². The third-order valence-electron chi connectivity index (χ3n) is 3.80. The number of aromatic nitrogens is 2. The molecule has 0 radical (unpaired) electrons. The standard InChI is InChI=1S/C18H13F3N2O3S/c19-18(20,21)11-4-3-5-12(10-11)27-9-8-23-16(24)14-7-2-1-6-13(14)15(22-23)17(25)26/h1-7,10H,8-9H2,(H,25,26). The van der Waals surface area contributed by atoms with Gasteiger partial charge in [0.25, 0.3) is 5.56 Å². The Morgan fingerprint density at radius 1 is 1.11 bits per heavy atom. The first-order chi connectivity index (χ1) is 12.8. The van der Waals surface area contributed by atoms with Gasteiger partial charge in [0, 0.05) is 16.0 Å². The van der Waals surface area contributed by atoms with Gasteiger partial charge in [0.2, 0.25) is 0 Å². The molecule has 0 aliphatic rings. The second kappa shape index (κ2) is 7.43. The van der Waals surface area contributed by atoms with Gasteiger partial charge in [-0.05, 0) is 24.3 Å². The van der Waals surface area contributed by atoms with Gasteiger partial charge < -0.3 is 5.11 Å². The van der Waals surface area contributed by atoms with Crippen molar-refractivity contribution in [3.63, 3.8) is 0 Å². The smallest absolute Gasteiger partial charge is 0.416 e. The third kappa shape index (κ3) is 4.13. The number of rotatable bonds is 5. The van der Waals surface area contributed by atoms with E-state index in [2.05, 4.69) is 5.10 Å². The van der Waals surface area contributed by atoms with E-state index in [1.54, 1.807) is 18.2 Å². The van der Waals surface area contributed by atoms with Crippen molar-refractivity contribution in [1.29, 1.82) is 0 Å². The third-order valence-corrected chi connectivity index (χ3v) is 4.78. The molecule has 0 fully saturated rings. The average Bonchev–Trinajstić information content (AvgIpc) is 2.63. The molecular weight excluding hydrogens is 381 g/mol. The van der Waals surface area contributed by atoms with Crippen LogP contribution in [0.5, 0.6) is 0 Å². The molecule has 0 saturated carbocycles. The quantitative estimate of drug-likeness (QED) is 0.665. The summed E-state index contributed by atoms with van der Waals surface area (Å²) in [4.78, 5) is 24.3. The predicted molar refractivity (Wildman–Crippen MR) is 95.1 cm³/mol. The lowest BCUT2D eigenvalue weighted by molar-refractivity contribution is -0.137. The van der Waals surface area contributed by atoms with Crippen LogP contribution in [-0.2, 0) is 12.7 Å². The highest BCUT2D eigenvalue weighted by atomic mass is 32.2. The van der Waals surface area contributed by atoms with Gasteiger partial charge in [0.05, 0.1) is 17.5 Å². The van der Waals surface area contributed by atoms with Crippen molar-refractivity contribution in [2.75, 3.05) is 5.75 Å². The van der Waals surface area contributed by atoms with Crippen LogP contribution in [0.4, 0.5) is 13.2 Å². The Morgan fingerprint density at radius 3 is 2.48 bits per heavy atom. The maximum Gasteiger partial charge on any atom is 0.416 e. The maximum absolute atomic E-state index is 12.8. The predicted octanol–water partition coefficient (Wildman–Crippen LogP) is 3.91. The molecule has 1 aromatic heterocycles. The fourth-order valence-corrected chi connectivity index (χ4v) is 3.44. The van der Waals surface area contributed by atoms with Gasteiger partial charge in [0.15, 0.2) is 5.69 Å². The lowest BCUT2D eigenvalue weighted by Gasteiger charge is -2.10. The lowest BCUT2D eigenvalue weighted by atomic mass is 10.1. The van der Waals surface area contributed by atoms with E-state index in [1.807, 2.05) is 0 Å². The van der Waals surface area contributed by atoms with Crippen LogP contribution in [0, 0.1) is 0 Å². The molecule has 3 aromatic rings. The number of hydrogen-bond acceptors (Lipinski definition) is 4. The van der Waals surface area contributed by atoms with E-state index in [1.165, 1.54) is 18.2 Å². The minimum atomic E-state index is -4.43. The Labute approximate surface area is 155 Å². The molecule has 0 saturated heterocycles. The van der Waals surface area contributed by atoms with E-state index >= 15 is 0 Å². The Morgan fingerprint density at radius 2 is 1.81 bits per heavy atom. The van der Waals surface area contributed by atoms with Crippen molar-refractivity contribution in [3.8, 4) is 0 Å². The molecule has 27 heavy (non-hydrogen) atoms. The number of halogens is 3. The highest BCUT2D eigenvalue weighted by Gasteiger charge is 2.30. The molecule has 0 unspecified atom stereocenters. The van der Waals surface area contributed by atoms with Crippen LogP contribution < -0.4 is 5.56 Å². The molecule has 0 bridgehead atoms. The highest BCUT2D eigenvalue weighted by Crippen LogP contribution is 2.31. The molecular formula is C18H13F3N2O3S. The summed E-state index contributed by atoms with van der Waals surface area (Å²) in [5.74, 6) is -1.00. The molecule has 1 heterocycles. The number of hydrogen-bond donors (Lipinski definition) is 1. The molecule has 9 heteroatoms. The first-order valence-electron chi connectivity index (χ1n) is 7.80. The fourth-order valence-electron chi connectivity index (χ4n) is 2.56. The van der Waals surface area contributed by atoms with Crippen LogP contribution in [-0.4, -0.2) is 26.6 Å². The number of aromatic carboxylic acids is 1. The molecule has 5 nitrogen and oxygen atoms in total. The molecule has 1 N–H and O–H groups in total. The van der Waals surface area contributed by atoms with Gasteiger partial charge in [-0.15, -0.1) is 11.8 Å². The van der Waals surface area contributed by atoms with Gasteiger partial charge >= 0.3 is 12.1 Å². The summed E-state index contributed by atoms with van der Waals surface area (Å²) in [6, 6.07) is 11.1. The summed E-state index contributed by atoms with van der Waals surface area (Å²) in [7, 11) is 0. The van der Waals surface area contributed by atoms with Crippen molar-refractivity contribution in [2.24, 2.45) is 0 Å². The number of carboxylic acids is 1. The van der Waals surface area contributed by atoms with Crippen molar-refractivity contribution >= 4 is 28.5 Å². The van der Waals surface area contributed by atoms with E-state index in [0.29, 0.717) is 4.90 Å². The van der Waals surface area contributed by atoms with Crippen LogP contribution in [0.2, 0.25) is 0 Å². The van der Waals surface area contributed by atoms with E-state index in [0.717, 1.165) is 28.6 Å². The largest absolute Gasteiger partial charge is 0.476 e. The number of carbonyl (C=O) groups is 1. The Hall–Kier alpha value is -2.81. The second-order valence-electron chi connectivity index (χ2n) is 5.60. The summed E-state index contributed by atoms with van der Waals surface area (Å²) in [6.07, 6.45) is -4.43. The number of nitrogens with zero attached hydrogens (tertiary/aromatic N) is 2. The van der Waals surface area contributed by atoms with E-state index in [4.69, 9.17) is 0 Å². The van der Waals surface area contributed by atoms with Crippen LogP contribution in [0.25, 0.3) is 10.8 Å². The summed E-state index contributed by atoms with van der Waals surface area (Å²) in [5.41, 5.74) is -1.43. The Balaban J connectivity index is 1.83. The highest BCUT2D eigenvalue weighted by molar-refractivity contribution is 7.99. The number of alkyl halides is 3. The van der Waals surface area contributed by atoms with Crippen LogP contribution >= 0.6 is 11.8 Å². The van der Waals surface area contributed by atoms with E-state index < -0.39 is 23.3 Å². The van der Waals surface area contributed by atoms with Gasteiger partial charge in [0.1, 0.15) is 0 Å². The molecule has 0 aliphatic heterocycles. The molecule has 3 rings (SSSR count). The summed E-state index contributed by atoms with van der Waals surface area (Å²) < 4.78 is 39.3. The molecule has 0 aliphatic carbocycles. The first-order valence-corrected chi connectivity index (χ1v) is 8.79.